The van der Waals surface area contributed by atoms with Gasteiger partial charge in [-0.2, -0.15) is 8.42 Å². The fraction of sp³-hybridized carbons (Fsp3) is 0.848. The Morgan fingerprint density at radius 3 is 2.02 bits per heavy atom. The van der Waals surface area contributed by atoms with Crippen molar-refractivity contribution >= 4 is 16.3 Å². The molecule has 276 valence electrons. The van der Waals surface area contributed by atoms with Crippen molar-refractivity contribution in [3.8, 4) is 0 Å². The van der Waals surface area contributed by atoms with E-state index in [0.29, 0.717) is 12.8 Å². The van der Waals surface area contributed by atoms with Crippen LogP contribution in [0.25, 0.3) is 0 Å². The van der Waals surface area contributed by atoms with Gasteiger partial charge in [0, 0.05) is 0 Å². The van der Waals surface area contributed by atoms with Crippen LogP contribution in [0.1, 0.15) is 117 Å². The smallest absolute Gasteiger partial charge is 0.394 e. The Labute approximate surface area is 281 Å². The van der Waals surface area contributed by atoms with Gasteiger partial charge in [0.2, 0.25) is 5.91 Å². The number of aliphatic hydroxyl groups excluding tert-OH is 5. The number of allylic oxidation sites excluding steroid dienone is 3. The summed E-state index contributed by atoms with van der Waals surface area (Å²) in [6.45, 7) is 2.90. The maximum Gasteiger partial charge on any atom is 0.397 e. The van der Waals surface area contributed by atoms with E-state index in [0.717, 1.165) is 38.5 Å². The second-order valence-electron chi connectivity index (χ2n) is 12.2. The molecular formula is C33H61NO12S. The average Bonchev–Trinajstić information content (AvgIpc) is 3.03. The summed E-state index contributed by atoms with van der Waals surface area (Å²) < 4.78 is 46.8. The maximum absolute atomic E-state index is 12.8. The molecule has 1 rings (SSSR count). The molecule has 1 amide bonds. The van der Waals surface area contributed by atoms with Crippen molar-refractivity contribution in [2.75, 3.05) is 13.2 Å². The molecule has 0 saturated carbocycles. The molecule has 0 aromatic rings. The summed E-state index contributed by atoms with van der Waals surface area (Å²) in [7, 11) is -5.10. The molecule has 1 aliphatic heterocycles. The third-order valence-electron chi connectivity index (χ3n) is 8.07. The Bertz CT molecular complexity index is 979. The zero-order valence-electron chi connectivity index (χ0n) is 28.2. The van der Waals surface area contributed by atoms with E-state index in [-0.39, 0.29) is 6.42 Å². The molecule has 0 radical (unpaired) electrons. The van der Waals surface area contributed by atoms with Crippen molar-refractivity contribution in [2.45, 2.75) is 166 Å². The summed E-state index contributed by atoms with van der Waals surface area (Å²) in [4.78, 5) is 12.8. The molecule has 0 aromatic carbocycles. The molecule has 0 bridgehead atoms. The first-order valence-corrected chi connectivity index (χ1v) is 18.7. The van der Waals surface area contributed by atoms with Crippen molar-refractivity contribution in [1.82, 2.24) is 5.32 Å². The lowest BCUT2D eigenvalue weighted by Crippen LogP contribution is -2.61. The number of unbranched alkanes of at least 4 members (excludes halogenated alkanes) is 12. The highest BCUT2D eigenvalue weighted by Crippen LogP contribution is 2.26. The first-order valence-electron chi connectivity index (χ1n) is 17.3. The summed E-state index contributed by atoms with van der Waals surface area (Å²) >= 11 is 0. The normalized spacial score (nSPS) is 24.1. The first-order chi connectivity index (χ1) is 22.4. The number of hydrogen-bond acceptors (Lipinski definition) is 11. The van der Waals surface area contributed by atoms with Crippen LogP contribution >= 0.6 is 0 Å². The molecule has 0 aliphatic carbocycles. The SMILES string of the molecule is CCC/C=C/C(O)C(COC1OC(CO)C(O)C(OS(=O)(=O)O)C1O)NC(=O)C(O)CCCCCC/C=C\CCCCCCCCC. The molecule has 0 aromatic heterocycles. The fourth-order valence-electron chi connectivity index (χ4n) is 5.22. The van der Waals surface area contributed by atoms with E-state index in [2.05, 4.69) is 28.6 Å². The van der Waals surface area contributed by atoms with Crippen LogP contribution in [0.2, 0.25) is 0 Å². The van der Waals surface area contributed by atoms with Crippen molar-refractivity contribution in [1.29, 1.82) is 0 Å². The molecule has 1 saturated heterocycles. The molecule has 14 heteroatoms. The number of nitrogens with one attached hydrogen (secondary N) is 1. The van der Waals surface area contributed by atoms with Crippen molar-refractivity contribution in [3.63, 3.8) is 0 Å². The van der Waals surface area contributed by atoms with Crippen LogP contribution in [-0.4, -0.2) is 107 Å². The van der Waals surface area contributed by atoms with E-state index in [1.165, 1.54) is 51.0 Å². The van der Waals surface area contributed by atoms with Gasteiger partial charge in [0.1, 0.15) is 30.5 Å². The second-order valence-corrected chi connectivity index (χ2v) is 13.3. The van der Waals surface area contributed by atoms with E-state index in [4.69, 9.17) is 14.0 Å². The minimum absolute atomic E-state index is 0.227. The zero-order valence-corrected chi connectivity index (χ0v) is 29.0. The predicted molar refractivity (Wildman–Crippen MR) is 178 cm³/mol. The highest BCUT2D eigenvalue weighted by atomic mass is 32.3. The van der Waals surface area contributed by atoms with E-state index in [9.17, 15) is 38.7 Å². The minimum atomic E-state index is -5.10. The lowest BCUT2D eigenvalue weighted by Gasteiger charge is -2.41. The van der Waals surface area contributed by atoms with Crippen molar-refractivity contribution < 1.29 is 57.0 Å². The number of rotatable bonds is 27. The fourth-order valence-corrected chi connectivity index (χ4v) is 5.73. The van der Waals surface area contributed by atoms with Gasteiger partial charge >= 0.3 is 10.4 Å². The Balaban J connectivity index is 2.55. The second kappa shape index (κ2) is 25.5. The lowest BCUT2D eigenvalue weighted by atomic mass is 9.99. The Hall–Kier alpha value is -1.46. The quantitative estimate of drug-likeness (QED) is 0.0375. The van der Waals surface area contributed by atoms with Gasteiger partial charge in [0.15, 0.2) is 6.29 Å². The number of aliphatic hydroxyl groups is 5. The summed E-state index contributed by atoms with van der Waals surface area (Å²) in [6.07, 6.45) is 12.7. The van der Waals surface area contributed by atoms with Gasteiger partial charge in [-0.1, -0.05) is 102 Å². The Kier molecular flexibility index (Phi) is 23.6. The molecule has 1 fully saturated rings. The van der Waals surface area contributed by atoms with E-state index in [1.54, 1.807) is 6.08 Å². The monoisotopic (exact) mass is 695 g/mol. The highest BCUT2D eigenvalue weighted by molar-refractivity contribution is 7.80. The summed E-state index contributed by atoms with van der Waals surface area (Å²) in [5, 5.41) is 54.0. The lowest BCUT2D eigenvalue weighted by molar-refractivity contribution is -0.298. The van der Waals surface area contributed by atoms with Crippen molar-refractivity contribution in [3.05, 3.63) is 24.3 Å². The van der Waals surface area contributed by atoms with Crippen LogP contribution in [0.3, 0.4) is 0 Å². The van der Waals surface area contributed by atoms with Gasteiger partial charge in [-0.3, -0.25) is 9.35 Å². The van der Waals surface area contributed by atoms with Crippen LogP contribution < -0.4 is 5.32 Å². The third kappa shape index (κ3) is 19.4. The molecule has 0 spiro atoms. The van der Waals surface area contributed by atoms with Gasteiger partial charge in [0.25, 0.3) is 0 Å². The Morgan fingerprint density at radius 1 is 0.851 bits per heavy atom. The molecule has 7 N–H and O–H groups in total. The third-order valence-corrected chi connectivity index (χ3v) is 8.53. The minimum Gasteiger partial charge on any atom is -0.394 e. The molecule has 8 unspecified atom stereocenters. The van der Waals surface area contributed by atoms with Crippen LogP contribution in [0.5, 0.6) is 0 Å². The van der Waals surface area contributed by atoms with E-state index in [1.807, 2.05) is 6.92 Å². The number of carbonyl (C=O) groups excluding carboxylic acids is 1. The molecule has 13 nitrogen and oxygen atoms in total. The van der Waals surface area contributed by atoms with Gasteiger partial charge in [-0.15, -0.1) is 0 Å². The number of hydrogen-bond donors (Lipinski definition) is 7. The maximum atomic E-state index is 12.8. The summed E-state index contributed by atoms with van der Waals surface area (Å²) in [6, 6.07) is -1.12. The van der Waals surface area contributed by atoms with Crippen LogP contribution in [-0.2, 0) is 28.9 Å². The number of amides is 1. The number of ether oxygens (including phenoxy) is 2. The molecular weight excluding hydrogens is 634 g/mol. The van der Waals surface area contributed by atoms with Gasteiger partial charge < -0.3 is 40.3 Å². The molecule has 47 heavy (non-hydrogen) atoms. The predicted octanol–water partition coefficient (Wildman–Crippen LogP) is 3.23. The van der Waals surface area contributed by atoms with Crippen molar-refractivity contribution in [2.24, 2.45) is 0 Å². The molecule has 8 atom stereocenters. The molecule has 1 heterocycles. The average molecular weight is 696 g/mol. The van der Waals surface area contributed by atoms with Crippen LogP contribution in [0.4, 0.5) is 0 Å². The Morgan fingerprint density at radius 2 is 1.45 bits per heavy atom. The first kappa shape index (κ1) is 43.6. The largest absolute Gasteiger partial charge is 0.397 e. The highest BCUT2D eigenvalue weighted by Gasteiger charge is 2.48. The van der Waals surface area contributed by atoms with E-state index >= 15 is 0 Å². The standard InChI is InChI=1S/C33H61NO12S/c1-3-5-7-8-9-10-11-12-13-14-15-16-17-18-20-22-27(37)32(40)34-25(26(36)21-19-6-4-2)24-44-33-30(39)31(46-47(41,42)43)29(38)28(23-35)45-33/h13-14,19,21,25-31,33,35-39H,3-12,15-18,20,22-24H2,1-2H3,(H,34,40)(H,41,42,43)/b14-13-,21-19+. The van der Waals surface area contributed by atoms with E-state index < -0.39 is 78.5 Å². The zero-order chi connectivity index (χ0) is 35.1. The van der Waals surface area contributed by atoms with Gasteiger partial charge in [-0.05, 0) is 38.5 Å². The van der Waals surface area contributed by atoms with Gasteiger partial charge in [0.05, 0.1) is 25.4 Å². The number of carbonyl (C=O) groups is 1. The van der Waals surface area contributed by atoms with Gasteiger partial charge in [-0.25, -0.2) is 4.18 Å². The summed E-state index contributed by atoms with van der Waals surface area (Å²) in [5.41, 5.74) is 0. The molecule has 1 aliphatic rings. The topological polar surface area (TPSA) is 212 Å². The van der Waals surface area contributed by atoms with Crippen LogP contribution in [0, 0.1) is 0 Å². The summed E-state index contributed by atoms with van der Waals surface area (Å²) in [5.74, 6) is -0.726. The van der Waals surface area contributed by atoms with Crippen LogP contribution in [0.15, 0.2) is 24.3 Å².